The number of carbonyl (C=O) groups excluding carboxylic acids is 2. The molecule has 5 heteroatoms. The fourth-order valence-corrected chi connectivity index (χ4v) is 5.42. The molecule has 2 atom stereocenters. The van der Waals surface area contributed by atoms with Gasteiger partial charge in [-0.15, -0.1) is 0 Å². The number of Topliss-reactive ketones (excluding diaryl/α,β-unsaturated/α-hetero) is 1. The van der Waals surface area contributed by atoms with E-state index in [1.807, 2.05) is 0 Å². The molecule has 0 saturated carbocycles. The van der Waals surface area contributed by atoms with Crippen molar-refractivity contribution >= 4 is 11.8 Å². The van der Waals surface area contributed by atoms with Gasteiger partial charge < -0.3 is 14.9 Å². The second-order valence-electron chi connectivity index (χ2n) is 12.2. The van der Waals surface area contributed by atoms with Gasteiger partial charge in [0.25, 0.3) is 0 Å². The van der Waals surface area contributed by atoms with Crippen LogP contribution in [0.25, 0.3) is 0 Å². The second kappa shape index (κ2) is 31.0. The first-order valence-corrected chi connectivity index (χ1v) is 17.5. The Morgan fingerprint density at radius 2 is 0.900 bits per heavy atom. The fourth-order valence-electron chi connectivity index (χ4n) is 5.42. The molecular weight excluding hydrogens is 500 g/mol. The van der Waals surface area contributed by atoms with Crippen molar-refractivity contribution in [3.8, 4) is 0 Å². The molecule has 2 N–H and O–H groups in total. The molecule has 0 rings (SSSR count). The van der Waals surface area contributed by atoms with Crippen LogP contribution in [-0.2, 0) is 14.3 Å². The molecule has 0 radical (unpaired) electrons. The van der Waals surface area contributed by atoms with Gasteiger partial charge in [0.15, 0.2) is 0 Å². The molecule has 40 heavy (non-hydrogen) atoms. The number of aliphatic hydroxyl groups excluding tert-OH is 2. The van der Waals surface area contributed by atoms with Crippen molar-refractivity contribution in [1.29, 1.82) is 0 Å². The Bertz CT molecular complexity index is 550. The van der Waals surface area contributed by atoms with E-state index in [4.69, 9.17) is 9.84 Å². The number of unbranched alkanes of at least 4 members (excludes halogenated alkanes) is 23. The summed E-state index contributed by atoms with van der Waals surface area (Å²) in [5.41, 5.74) is 0. The van der Waals surface area contributed by atoms with E-state index in [0.717, 1.165) is 38.5 Å². The predicted molar refractivity (Wildman–Crippen MR) is 169 cm³/mol. The van der Waals surface area contributed by atoms with Crippen molar-refractivity contribution in [2.45, 2.75) is 193 Å². The Kier molecular flexibility index (Phi) is 30.3. The van der Waals surface area contributed by atoms with Gasteiger partial charge in [0.2, 0.25) is 0 Å². The molecule has 2 unspecified atom stereocenters. The van der Waals surface area contributed by atoms with Crippen molar-refractivity contribution in [3.05, 3.63) is 0 Å². The van der Waals surface area contributed by atoms with Gasteiger partial charge in [0.05, 0.1) is 6.61 Å². The zero-order chi connectivity index (χ0) is 29.5. The van der Waals surface area contributed by atoms with Gasteiger partial charge in [-0.2, -0.15) is 0 Å². The van der Waals surface area contributed by atoms with Gasteiger partial charge in [-0.1, -0.05) is 168 Å². The minimum absolute atomic E-state index is 0.0189. The van der Waals surface area contributed by atoms with E-state index in [9.17, 15) is 14.7 Å². The summed E-state index contributed by atoms with van der Waals surface area (Å²) in [4.78, 5) is 25.6. The highest BCUT2D eigenvalue weighted by molar-refractivity contribution is 5.98. The maximum absolute atomic E-state index is 12.9. The highest BCUT2D eigenvalue weighted by Gasteiger charge is 2.27. The average molecular weight is 569 g/mol. The molecule has 0 aliphatic rings. The zero-order valence-electron chi connectivity index (χ0n) is 26.8. The number of rotatable bonds is 32. The summed E-state index contributed by atoms with van der Waals surface area (Å²) in [6.07, 6.45) is 31.2. The van der Waals surface area contributed by atoms with E-state index in [2.05, 4.69) is 13.8 Å². The molecule has 0 aromatic heterocycles. The van der Waals surface area contributed by atoms with E-state index in [1.165, 1.54) is 122 Å². The summed E-state index contributed by atoms with van der Waals surface area (Å²) in [7, 11) is 0. The number of hydrogen-bond acceptors (Lipinski definition) is 5. The number of hydrogen-bond donors (Lipinski definition) is 2. The Balaban J connectivity index is 4.07. The van der Waals surface area contributed by atoms with Crippen LogP contribution in [0.5, 0.6) is 0 Å². The summed E-state index contributed by atoms with van der Waals surface area (Å²) in [5.74, 6) is -1.28. The quantitative estimate of drug-likeness (QED) is 0.0479. The molecule has 0 aromatic carbocycles. The highest BCUT2D eigenvalue weighted by Crippen LogP contribution is 2.20. The van der Waals surface area contributed by atoms with Gasteiger partial charge in [-0.05, 0) is 12.8 Å². The SMILES string of the molecule is CCCCCCCCCCCCCCCC(=O)C(CCCCCCCCCCCCCC)C(=O)OCC(O)CO. The third-order valence-corrected chi connectivity index (χ3v) is 8.17. The van der Waals surface area contributed by atoms with E-state index in [0.29, 0.717) is 12.8 Å². The Labute approximate surface area is 248 Å². The minimum Gasteiger partial charge on any atom is -0.462 e. The van der Waals surface area contributed by atoms with Crippen LogP contribution < -0.4 is 0 Å². The van der Waals surface area contributed by atoms with Crippen LogP contribution in [0.15, 0.2) is 0 Å². The first-order chi connectivity index (χ1) is 19.6. The minimum atomic E-state index is -1.09. The molecule has 0 amide bonds. The number of carbonyl (C=O) groups is 2. The maximum Gasteiger partial charge on any atom is 0.316 e. The molecule has 5 nitrogen and oxygen atoms in total. The summed E-state index contributed by atoms with van der Waals surface area (Å²) in [6.45, 7) is 3.80. The van der Waals surface area contributed by atoms with E-state index >= 15 is 0 Å². The van der Waals surface area contributed by atoms with Gasteiger partial charge in [-0.3, -0.25) is 9.59 Å². The van der Waals surface area contributed by atoms with Crippen LogP contribution in [0.3, 0.4) is 0 Å². The Hall–Kier alpha value is -0.940. The number of ketones is 1. The molecule has 238 valence electrons. The van der Waals surface area contributed by atoms with Crippen LogP contribution in [0.1, 0.15) is 187 Å². The fraction of sp³-hybridized carbons (Fsp3) is 0.943. The standard InChI is InChI=1S/C35H68O5/c1-3-5-7-9-11-13-15-17-19-21-23-25-27-29-34(38)33(35(39)40-31-32(37)30-36)28-26-24-22-20-18-16-14-12-10-8-6-4-2/h32-33,36-37H,3-31H2,1-2H3. The van der Waals surface area contributed by atoms with Crippen molar-refractivity contribution in [3.63, 3.8) is 0 Å². The van der Waals surface area contributed by atoms with Crippen molar-refractivity contribution < 1.29 is 24.5 Å². The number of esters is 1. The summed E-state index contributed by atoms with van der Waals surface area (Å²) >= 11 is 0. The van der Waals surface area contributed by atoms with Crippen LogP contribution >= 0.6 is 0 Å². The van der Waals surface area contributed by atoms with E-state index < -0.39 is 24.6 Å². The summed E-state index contributed by atoms with van der Waals surface area (Å²) in [6, 6.07) is 0. The average Bonchev–Trinajstić information content (AvgIpc) is 2.96. The maximum atomic E-state index is 12.9. The van der Waals surface area contributed by atoms with Crippen molar-refractivity contribution in [2.24, 2.45) is 5.92 Å². The van der Waals surface area contributed by atoms with Crippen LogP contribution in [-0.4, -0.2) is 41.3 Å². The van der Waals surface area contributed by atoms with Crippen LogP contribution in [0, 0.1) is 5.92 Å². The predicted octanol–water partition coefficient (Wildman–Crippen LogP) is 9.64. The lowest BCUT2D eigenvalue weighted by molar-refractivity contribution is -0.155. The summed E-state index contributed by atoms with van der Waals surface area (Å²) < 4.78 is 5.18. The molecule has 0 spiro atoms. The van der Waals surface area contributed by atoms with Gasteiger partial charge in [-0.25, -0.2) is 0 Å². The normalized spacial score (nSPS) is 12.9. The molecule has 0 aromatic rings. The molecular formula is C35H68O5. The smallest absolute Gasteiger partial charge is 0.316 e. The van der Waals surface area contributed by atoms with Gasteiger partial charge in [0, 0.05) is 6.42 Å². The lowest BCUT2D eigenvalue weighted by atomic mass is 9.92. The van der Waals surface area contributed by atoms with Crippen LogP contribution in [0.2, 0.25) is 0 Å². The van der Waals surface area contributed by atoms with E-state index in [-0.39, 0.29) is 12.4 Å². The van der Waals surface area contributed by atoms with Gasteiger partial charge >= 0.3 is 5.97 Å². The topological polar surface area (TPSA) is 83.8 Å². The molecule has 0 fully saturated rings. The van der Waals surface area contributed by atoms with Crippen molar-refractivity contribution in [1.82, 2.24) is 0 Å². The highest BCUT2D eigenvalue weighted by atomic mass is 16.5. The Morgan fingerprint density at radius 1 is 0.550 bits per heavy atom. The third kappa shape index (κ3) is 26.0. The lowest BCUT2D eigenvalue weighted by Gasteiger charge is -2.16. The molecule has 0 heterocycles. The summed E-state index contributed by atoms with van der Waals surface area (Å²) in [5, 5.41) is 18.5. The van der Waals surface area contributed by atoms with E-state index in [1.54, 1.807) is 0 Å². The Morgan fingerprint density at radius 3 is 1.27 bits per heavy atom. The van der Waals surface area contributed by atoms with Crippen molar-refractivity contribution in [2.75, 3.05) is 13.2 Å². The number of aliphatic hydroxyl groups is 2. The lowest BCUT2D eigenvalue weighted by Crippen LogP contribution is -2.30. The number of ether oxygens (including phenoxy) is 1. The molecule has 0 aliphatic carbocycles. The zero-order valence-corrected chi connectivity index (χ0v) is 26.8. The van der Waals surface area contributed by atoms with Gasteiger partial charge in [0.1, 0.15) is 24.4 Å². The van der Waals surface area contributed by atoms with Crippen LogP contribution in [0.4, 0.5) is 0 Å². The largest absolute Gasteiger partial charge is 0.462 e. The third-order valence-electron chi connectivity index (χ3n) is 8.17. The monoisotopic (exact) mass is 569 g/mol. The molecule has 0 bridgehead atoms. The second-order valence-corrected chi connectivity index (χ2v) is 12.2. The molecule has 0 aliphatic heterocycles. The first-order valence-electron chi connectivity index (χ1n) is 17.5. The first kappa shape index (κ1) is 39.1. The molecule has 0 saturated heterocycles.